The highest BCUT2D eigenvalue weighted by atomic mass is 32.2. The molecule has 1 N–H and O–H groups in total. The summed E-state index contributed by atoms with van der Waals surface area (Å²) in [5, 5.41) is 7.71. The van der Waals surface area contributed by atoms with Gasteiger partial charge in [-0.3, -0.25) is 9.59 Å². The number of para-hydroxylation sites is 2. The summed E-state index contributed by atoms with van der Waals surface area (Å²) in [5.41, 5.74) is 2.55. The van der Waals surface area contributed by atoms with E-state index in [0.717, 1.165) is 22.2 Å². The Bertz CT molecular complexity index is 1460. The Balaban J connectivity index is 1.43. The minimum Gasteiger partial charge on any atom is -0.467 e. The highest BCUT2D eigenvalue weighted by Gasteiger charge is 2.35. The molecule has 8 nitrogen and oxygen atoms in total. The molecule has 0 radical (unpaired) electrons. The number of carbonyl (C=O) groups excluding carboxylic acids is 2. The van der Waals surface area contributed by atoms with Crippen LogP contribution in [0.3, 0.4) is 0 Å². The summed E-state index contributed by atoms with van der Waals surface area (Å²) in [7, 11) is 3.63. The molecule has 0 bridgehead atoms. The average Bonchev–Trinajstić information content (AvgIpc) is 3.58. The molecule has 1 aliphatic rings. The van der Waals surface area contributed by atoms with E-state index in [0.29, 0.717) is 22.4 Å². The summed E-state index contributed by atoms with van der Waals surface area (Å²) in [6, 6.07) is 21.0. The molecule has 0 atom stereocenters. The lowest BCUT2D eigenvalue weighted by molar-refractivity contribution is -0.130. The van der Waals surface area contributed by atoms with Crippen LogP contribution >= 0.6 is 11.8 Å². The molecule has 1 aliphatic heterocycles. The highest BCUT2D eigenvalue weighted by Crippen LogP contribution is 2.36. The SMILES string of the molecule is CN(C)N1C(=O)C(=Cc2cn(CC(=O)NCc3ccco3)c3ccccc23)SC1=Nc1ccccc1. The maximum atomic E-state index is 13.3. The maximum Gasteiger partial charge on any atom is 0.281 e. The van der Waals surface area contributed by atoms with Gasteiger partial charge in [-0.2, -0.15) is 0 Å². The van der Waals surface area contributed by atoms with Crippen molar-refractivity contribution in [1.82, 2.24) is 19.9 Å². The van der Waals surface area contributed by atoms with Gasteiger partial charge in [-0.05, 0) is 48.2 Å². The molecule has 2 amide bonds. The first-order chi connectivity index (χ1) is 17.5. The fourth-order valence-corrected chi connectivity index (χ4v) is 5.02. The number of fused-ring (bicyclic) bond motifs is 1. The number of furan rings is 1. The van der Waals surface area contributed by atoms with Crippen molar-refractivity contribution in [3.63, 3.8) is 0 Å². The van der Waals surface area contributed by atoms with Crippen LogP contribution in [0.1, 0.15) is 11.3 Å². The largest absolute Gasteiger partial charge is 0.467 e. The number of amides is 2. The molecule has 0 aliphatic carbocycles. The lowest BCUT2D eigenvalue weighted by Crippen LogP contribution is -2.40. The van der Waals surface area contributed by atoms with Crippen LogP contribution in [-0.2, 0) is 22.7 Å². The number of hydrogen-bond donors (Lipinski definition) is 1. The number of rotatable bonds is 7. The quantitative estimate of drug-likeness (QED) is 0.375. The van der Waals surface area contributed by atoms with Gasteiger partial charge in [-0.25, -0.2) is 15.0 Å². The Hall–Kier alpha value is -4.08. The number of benzene rings is 2. The number of aromatic nitrogens is 1. The standard InChI is InChI=1S/C27H25N5O3S/c1-30(2)32-26(34)24(36-27(32)29-20-9-4-3-5-10-20)15-19-17-31(23-13-7-6-12-22(19)23)18-25(33)28-16-21-11-8-14-35-21/h3-15,17H,16,18H2,1-2H3,(H,28,33). The number of carbonyl (C=O) groups is 2. The van der Waals surface area contributed by atoms with Crippen molar-refractivity contribution in [2.75, 3.05) is 14.1 Å². The van der Waals surface area contributed by atoms with E-state index in [1.165, 1.54) is 11.8 Å². The number of amidine groups is 1. The predicted molar refractivity (Wildman–Crippen MR) is 142 cm³/mol. The summed E-state index contributed by atoms with van der Waals surface area (Å²) < 4.78 is 7.18. The minimum atomic E-state index is -0.146. The monoisotopic (exact) mass is 499 g/mol. The van der Waals surface area contributed by atoms with Crippen molar-refractivity contribution in [1.29, 1.82) is 0 Å². The number of aliphatic imine (C=N–C) groups is 1. The topological polar surface area (TPSA) is 83.1 Å². The van der Waals surface area contributed by atoms with E-state index in [1.54, 1.807) is 22.3 Å². The Morgan fingerprint density at radius 2 is 1.86 bits per heavy atom. The van der Waals surface area contributed by atoms with E-state index in [4.69, 9.17) is 4.42 Å². The van der Waals surface area contributed by atoms with Crippen LogP contribution in [0.2, 0.25) is 0 Å². The van der Waals surface area contributed by atoms with E-state index in [-0.39, 0.29) is 18.4 Å². The van der Waals surface area contributed by atoms with E-state index >= 15 is 0 Å². The van der Waals surface area contributed by atoms with Gasteiger partial charge < -0.3 is 14.3 Å². The Labute approximate surface area is 212 Å². The van der Waals surface area contributed by atoms with Gasteiger partial charge >= 0.3 is 0 Å². The van der Waals surface area contributed by atoms with Gasteiger partial charge in [0.05, 0.1) is 23.4 Å². The van der Waals surface area contributed by atoms with Crippen molar-refractivity contribution < 1.29 is 14.0 Å². The fourth-order valence-electron chi connectivity index (χ4n) is 3.98. The zero-order valence-electron chi connectivity index (χ0n) is 19.9. The molecule has 2 aromatic heterocycles. The van der Waals surface area contributed by atoms with Crippen molar-refractivity contribution >= 4 is 51.4 Å². The smallest absolute Gasteiger partial charge is 0.281 e. The first-order valence-corrected chi connectivity index (χ1v) is 12.2. The minimum absolute atomic E-state index is 0.131. The Kier molecular flexibility index (Phi) is 6.75. The molecule has 1 saturated heterocycles. The zero-order valence-corrected chi connectivity index (χ0v) is 20.7. The summed E-state index contributed by atoms with van der Waals surface area (Å²) >= 11 is 1.33. The van der Waals surface area contributed by atoms with Crippen LogP contribution in [0.25, 0.3) is 17.0 Å². The lowest BCUT2D eigenvalue weighted by atomic mass is 10.1. The maximum absolute atomic E-state index is 13.3. The van der Waals surface area contributed by atoms with Crippen LogP contribution < -0.4 is 5.32 Å². The summed E-state index contributed by atoms with van der Waals surface area (Å²) in [6.07, 6.45) is 5.36. The molecule has 2 aromatic carbocycles. The van der Waals surface area contributed by atoms with Crippen LogP contribution in [0.5, 0.6) is 0 Å². The molecular formula is C27H25N5O3S. The highest BCUT2D eigenvalue weighted by molar-refractivity contribution is 8.18. The number of nitrogens with zero attached hydrogens (tertiary/aromatic N) is 4. The molecule has 0 unspecified atom stereocenters. The van der Waals surface area contributed by atoms with Gasteiger partial charge in [0, 0.05) is 36.8 Å². The summed E-state index contributed by atoms with van der Waals surface area (Å²) in [5.74, 6) is 0.419. The molecule has 9 heteroatoms. The Morgan fingerprint density at radius 1 is 1.08 bits per heavy atom. The second-order valence-electron chi connectivity index (χ2n) is 8.39. The third-order valence-corrected chi connectivity index (χ3v) is 6.59. The third-order valence-electron chi connectivity index (χ3n) is 5.63. The average molecular weight is 500 g/mol. The normalized spacial score (nSPS) is 16.1. The number of nitrogens with one attached hydrogen (secondary N) is 1. The summed E-state index contributed by atoms with van der Waals surface area (Å²) in [6.45, 7) is 0.479. The van der Waals surface area contributed by atoms with Crippen molar-refractivity contribution in [2.24, 2.45) is 4.99 Å². The van der Waals surface area contributed by atoms with Gasteiger partial charge in [0.25, 0.3) is 5.91 Å². The van der Waals surface area contributed by atoms with E-state index in [2.05, 4.69) is 10.3 Å². The van der Waals surface area contributed by atoms with Crippen LogP contribution in [-0.4, -0.2) is 45.7 Å². The van der Waals surface area contributed by atoms with Gasteiger partial charge in [-0.1, -0.05) is 36.4 Å². The van der Waals surface area contributed by atoms with Gasteiger partial charge in [0.15, 0.2) is 5.17 Å². The van der Waals surface area contributed by atoms with E-state index < -0.39 is 0 Å². The molecular weight excluding hydrogens is 474 g/mol. The number of hydrazine groups is 1. The van der Waals surface area contributed by atoms with E-state index in [1.807, 2.05) is 91.6 Å². The van der Waals surface area contributed by atoms with E-state index in [9.17, 15) is 9.59 Å². The number of thioether (sulfide) groups is 1. The predicted octanol–water partition coefficient (Wildman–Crippen LogP) is 4.63. The van der Waals surface area contributed by atoms with Crippen molar-refractivity contribution in [2.45, 2.75) is 13.1 Å². The van der Waals surface area contributed by atoms with Crippen LogP contribution in [0.4, 0.5) is 5.69 Å². The molecule has 182 valence electrons. The molecule has 0 saturated carbocycles. The third kappa shape index (κ3) is 4.98. The lowest BCUT2D eigenvalue weighted by Gasteiger charge is -2.22. The molecule has 4 aromatic rings. The first kappa shape index (κ1) is 23.7. The van der Waals surface area contributed by atoms with Crippen molar-refractivity contribution in [3.05, 3.63) is 95.4 Å². The zero-order chi connectivity index (χ0) is 25.1. The molecule has 5 rings (SSSR count). The number of hydrogen-bond acceptors (Lipinski definition) is 6. The molecule has 0 spiro atoms. The molecule has 1 fully saturated rings. The molecule has 36 heavy (non-hydrogen) atoms. The van der Waals surface area contributed by atoms with Crippen LogP contribution in [0, 0.1) is 0 Å². The first-order valence-electron chi connectivity index (χ1n) is 11.4. The second-order valence-corrected chi connectivity index (χ2v) is 9.40. The summed E-state index contributed by atoms with van der Waals surface area (Å²) in [4.78, 5) is 31.2. The van der Waals surface area contributed by atoms with Crippen molar-refractivity contribution in [3.8, 4) is 0 Å². The van der Waals surface area contributed by atoms with Gasteiger partial charge in [0.2, 0.25) is 5.91 Å². The Morgan fingerprint density at radius 3 is 2.61 bits per heavy atom. The second kappa shape index (κ2) is 10.3. The van der Waals surface area contributed by atoms with Gasteiger partial charge in [0.1, 0.15) is 12.3 Å². The van der Waals surface area contributed by atoms with Crippen LogP contribution in [0.15, 0.2) is 93.5 Å². The van der Waals surface area contributed by atoms with Gasteiger partial charge in [-0.15, -0.1) is 0 Å². The fraction of sp³-hybridized carbons (Fsp3) is 0.148. The molecule has 3 heterocycles.